The maximum absolute atomic E-state index is 12.1. The number of anilines is 1. The summed E-state index contributed by atoms with van der Waals surface area (Å²) in [6.07, 6.45) is 4.95. The molecule has 1 aliphatic rings. The SMILES string of the molecule is CC1(C)CCCC1NC(=O)c1ccnc(NN)c1. The van der Waals surface area contributed by atoms with Gasteiger partial charge in [0.15, 0.2) is 0 Å². The number of rotatable bonds is 3. The Morgan fingerprint density at radius 1 is 1.56 bits per heavy atom. The maximum atomic E-state index is 12.1. The van der Waals surface area contributed by atoms with Crippen LogP contribution in [0.15, 0.2) is 18.3 Å². The van der Waals surface area contributed by atoms with Gasteiger partial charge in [0.1, 0.15) is 5.82 Å². The van der Waals surface area contributed by atoms with Gasteiger partial charge in [-0.15, -0.1) is 0 Å². The molecule has 0 aliphatic heterocycles. The van der Waals surface area contributed by atoms with E-state index in [2.05, 4.69) is 29.6 Å². The van der Waals surface area contributed by atoms with E-state index in [9.17, 15) is 4.79 Å². The van der Waals surface area contributed by atoms with Crippen molar-refractivity contribution in [3.8, 4) is 0 Å². The van der Waals surface area contributed by atoms with Crippen LogP contribution >= 0.6 is 0 Å². The molecule has 1 unspecified atom stereocenters. The van der Waals surface area contributed by atoms with E-state index in [4.69, 9.17) is 5.84 Å². The third-order valence-corrected chi connectivity index (χ3v) is 3.73. The van der Waals surface area contributed by atoms with E-state index < -0.39 is 0 Å². The molecule has 18 heavy (non-hydrogen) atoms. The van der Waals surface area contributed by atoms with Gasteiger partial charge in [-0.2, -0.15) is 0 Å². The van der Waals surface area contributed by atoms with Crippen LogP contribution in [0.3, 0.4) is 0 Å². The highest BCUT2D eigenvalue weighted by atomic mass is 16.1. The van der Waals surface area contributed by atoms with Gasteiger partial charge in [0.2, 0.25) is 0 Å². The van der Waals surface area contributed by atoms with Gasteiger partial charge in [0.05, 0.1) is 0 Å². The van der Waals surface area contributed by atoms with Crippen molar-refractivity contribution in [3.05, 3.63) is 23.9 Å². The molecule has 5 nitrogen and oxygen atoms in total. The Bertz CT molecular complexity index is 444. The van der Waals surface area contributed by atoms with Crippen molar-refractivity contribution in [2.24, 2.45) is 11.3 Å². The third kappa shape index (κ3) is 2.61. The Balaban J connectivity index is 2.07. The van der Waals surface area contributed by atoms with Crippen molar-refractivity contribution in [1.29, 1.82) is 0 Å². The summed E-state index contributed by atoms with van der Waals surface area (Å²) < 4.78 is 0. The molecule has 1 amide bonds. The second-order valence-corrected chi connectivity index (χ2v) is 5.48. The number of nitrogens with one attached hydrogen (secondary N) is 2. The lowest BCUT2D eigenvalue weighted by atomic mass is 9.87. The first kappa shape index (κ1) is 12.8. The van der Waals surface area contributed by atoms with Crippen molar-refractivity contribution >= 4 is 11.7 Å². The predicted molar refractivity (Wildman–Crippen MR) is 70.9 cm³/mol. The van der Waals surface area contributed by atoms with Crippen LogP contribution in [0.1, 0.15) is 43.5 Å². The number of nitrogens with zero attached hydrogens (tertiary/aromatic N) is 1. The molecule has 1 heterocycles. The molecule has 98 valence electrons. The molecule has 0 aromatic carbocycles. The fourth-order valence-corrected chi connectivity index (χ4v) is 2.49. The average Bonchev–Trinajstić information content (AvgIpc) is 2.69. The molecule has 1 fully saturated rings. The van der Waals surface area contributed by atoms with Gasteiger partial charge in [-0.1, -0.05) is 20.3 Å². The van der Waals surface area contributed by atoms with E-state index in [0.29, 0.717) is 11.4 Å². The van der Waals surface area contributed by atoms with Crippen LogP contribution in [0.25, 0.3) is 0 Å². The highest BCUT2D eigenvalue weighted by Gasteiger charge is 2.35. The summed E-state index contributed by atoms with van der Waals surface area (Å²) in [7, 11) is 0. The van der Waals surface area contributed by atoms with Crippen LogP contribution in [0.4, 0.5) is 5.82 Å². The summed E-state index contributed by atoms with van der Waals surface area (Å²) in [5.41, 5.74) is 3.20. The number of hydrogen-bond donors (Lipinski definition) is 3. The zero-order valence-corrected chi connectivity index (χ0v) is 10.9. The summed E-state index contributed by atoms with van der Waals surface area (Å²) in [6.45, 7) is 4.40. The molecule has 1 aliphatic carbocycles. The van der Waals surface area contributed by atoms with Crippen LogP contribution in [-0.4, -0.2) is 16.9 Å². The molecule has 4 N–H and O–H groups in total. The predicted octanol–water partition coefficient (Wildman–Crippen LogP) is 1.68. The normalized spacial score (nSPS) is 21.6. The maximum Gasteiger partial charge on any atom is 0.251 e. The summed E-state index contributed by atoms with van der Waals surface area (Å²) in [5.74, 6) is 5.71. The standard InChI is InChI=1S/C13H20N4O/c1-13(2)6-3-4-10(13)16-12(18)9-5-7-15-11(8-9)17-14/h5,7-8,10H,3-4,6,14H2,1-2H3,(H,15,17)(H,16,18). The molecule has 1 saturated carbocycles. The largest absolute Gasteiger partial charge is 0.349 e. The lowest BCUT2D eigenvalue weighted by molar-refractivity contribution is 0.0910. The van der Waals surface area contributed by atoms with Crippen molar-refractivity contribution in [2.75, 3.05) is 5.43 Å². The first-order valence-electron chi connectivity index (χ1n) is 6.26. The average molecular weight is 248 g/mol. The number of nitrogens with two attached hydrogens (primary N) is 1. The van der Waals surface area contributed by atoms with Crippen molar-refractivity contribution < 1.29 is 4.79 Å². The molecule has 1 aromatic rings. The highest BCUT2D eigenvalue weighted by Crippen LogP contribution is 2.37. The zero-order chi connectivity index (χ0) is 13.2. The first-order chi connectivity index (χ1) is 8.53. The van der Waals surface area contributed by atoms with Crippen LogP contribution in [0.2, 0.25) is 0 Å². The Kier molecular flexibility index (Phi) is 3.52. The van der Waals surface area contributed by atoms with Gasteiger partial charge in [0.25, 0.3) is 5.91 Å². The van der Waals surface area contributed by atoms with Crippen LogP contribution in [0.5, 0.6) is 0 Å². The molecule has 5 heteroatoms. The van der Waals surface area contributed by atoms with E-state index in [1.165, 1.54) is 6.42 Å². The minimum Gasteiger partial charge on any atom is -0.349 e. The minimum absolute atomic E-state index is 0.0612. The second-order valence-electron chi connectivity index (χ2n) is 5.48. The van der Waals surface area contributed by atoms with Crippen LogP contribution in [-0.2, 0) is 0 Å². The number of hydrazine groups is 1. The van der Waals surface area contributed by atoms with Gasteiger partial charge >= 0.3 is 0 Å². The van der Waals surface area contributed by atoms with Crippen molar-refractivity contribution in [1.82, 2.24) is 10.3 Å². The molecule has 2 rings (SSSR count). The van der Waals surface area contributed by atoms with Gasteiger partial charge < -0.3 is 10.7 Å². The van der Waals surface area contributed by atoms with Crippen LogP contribution < -0.4 is 16.6 Å². The number of amides is 1. The topological polar surface area (TPSA) is 80.0 Å². The molecule has 0 radical (unpaired) electrons. The lowest BCUT2D eigenvalue weighted by Crippen LogP contribution is -2.41. The number of carbonyl (C=O) groups is 1. The quantitative estimate of drug-likeness (QED) is 0.561. The van der Waals surface area contributed by atoms with Gasteiger partial charge in [0, 0.05) is 17.8 Å². The van der Waals surface area contributed by atoms with E-state index in [-0.39, 0.29) is 17.4 Å². The fourth-order valence-electron chi connectivity index (χ4n) is 2.49. The molecule has 0 spiro atoms. The first-order valence-corrected chi connectivity index (χ1v) is 6.26. The highest BCUT2D eigenvalue weighted by molar-refractivity contribution is 5.95. The number of carbonyl (C=O) groups excluding carboxylic acids is 1. The Labute approximate surface area is 107 Å². The van der Waals surface area contributed by atoms with E-state index in [0.717, 1.165) is 12.8 Å². The monoisotopic (exact) mass is 248 g/mol. The second kappa shape index (κ2) is 4.94. The summed E-state index contributed by atoms with van der Waals surface area (Å²) in [4.78, 5) is 16.1. The molecule has 0 saturated heterocycles. The summed E-state index contributed by atoms with van der Waals surface area (Å²) >= 11 is 0. The number of nitrogen functional groups attached to an aromatic ring is 1. The molecular formula is C13H20N4O. The fraction of sp³-hybridized carbons (Fsp3) is 0.538. The smallest absolute Gasteiger partial charge is 0.251 e. The van der Waals surface area contributed by atoms with E-state index >= 15 is 0 Å². The summed E-state index contributed by atoms with van der Waals surface area (Å²) in [6, 6.07) is 3.59. The number of pyridine rings is 1. The minimum atomic E-state index is -0.0612. The zero-order valence-electron chi connectivity index (χ0n) is 10.9. The molecule has 1 atom stereocenters. The molecular weight excluding hydrogens is 228 g/mol. The molecule has 0 bridgehead atoms. The van der Waals surface area contributed by atoms with Crippen LogP contribution in [0, 0.1) is 5.41 Å². The summed E-state index contributed by atoms with van der Waals surface area (Å²) in [5, 5.41) is 3.10. The Hall–Kier alpha value is -1.62. The molecule has 1 aromatic heterocycles. The van der Waals surface area contributed by atoms with E-state index in [1.807, 2.05) is 0 Å². The number of aromatic nitrogens is 1. The van der Waals surface area contributed by atoms with Crippen molar-refractivity contribution in [2.45, 2.75) is 39.2 Å². The number of hydrogen-bond acceptors (Lipinski definition) is 4. The Morgan fingerprint density at radius 3 is 2.94 bits per heavy atom. The Morgan fingerprint density at radius 2 is 2.33 bits per heavy atom. The van der Waals surface area contributed by atoms with Gasteiger partial charge in [-0.3, -0.25) is 4.79 Å². The van der Waals surface area contributed by atoms with Gasteiger partial charge in [-0.25, -0.2) is 10.8 Å². The lowest BCUT2D eigenvalue weighted by Gasteiger charge is -2.27. The van der Waals surface area contributed by atoms with Gasteiger partial charge in [-0.05, 0) is 30.4 Å². The van der Waals surface area contributed by atoms with Crippen molar-refractivity contribution in [3.63, 3.8) is 0 Å². The van der Waals surface area contributed by atoms with E-state index in [1.54, 1.807) is 18.3 Å². The third-order valence-electron chi connectivity index (χ3n) is 3.73.